The molecule has 1 fully saturated rings. The van der Waals surface area contributed by atoms with Crippen LogP contribution in [0.1, 0.15) is 23.1 Å². The van der Waals surface area contributed by atoms with Crippen LogP contribution in [0.3, 0.4) is 0 Å². The van der Waals surface area contributed by atoms with Gasteiger partial charge in [0.15, 0.2) is 17.6 Å². The molecule has 2 atom stereocenters. The van der Waals surface area contributed by atoms with E-state index in [0.717, 1.165) is 5.56 Å². The largest absolute Gasteiger partial charge is 0.506 e. The Labute approximate surface area is 151 Å². The number of rotatable bonds is 3. The lowest BCUT2D eigenvalue weighted by Crippen LogP contribution is -2.52. The fourth-order valence-corrected chi connectivity index (χ4v) is 4.05. The van der Waals surface area contributed by atoms with Gasteiger partial charge in [-0.05, 0) is 17.7 Å². The molecule has 0 aliphatic carbocycles. The topological polar surface area (TPSA) is 78.2 Å². The molecule has 4 rings (SSSR count). The number of ketones is 1. The van der Waals surface area contributed by atoms with E-state index >= 15 is 0 Å². The lowest BCUT2D eigenvalue weighted by molar-refractivity contribution is -0.865. The summed E-state index contributed by atoms with van der Waals surface area (Å²) < 4.78 is -0.0964. The number of benzene rings is 2. The third-order valence-electron chi connectivity index (χ3n) is 5.28. The van der Waals surface area contributed by atoms with Crippen LogP contribution in [-0.2, 0) is 16.1 Å². The summed E-state index contributed by atoms with van der Waals surface area (Å²) in [6.45, 7) is 0.408. The molecule has 0 aromatic heterocycles. The predicted octanol–water partition coefficient (Wildman–Crippen LogP) is 2.73. The normalized spacial score (nSPS) is 24.7. The number of hydrogen-bond acceptors (Lipinski definition) is 4. The Bertz CT molecular complexity index is 971. The first-order chi connectivity index (χ1) is 12.5. The highest BCUT2D eigenvalue weighted by atomic mass is 16.3. The maximum atomic E-state index is 13.3. The highest BCUT2D eigenvalue weighted by Gasteiger charge is 2.61. The van der Waals surface area contributed by atoms with Crippen LogP contribution >= 0.6 is 0 Å². The summed E-state index contributed by atoms with van der Waals surface area (Å²) >= 11 is 0. The Balaban J connectivity index is 1.76. The molecule has 2 aromatic carbocycles. The van der Waals surface area contributed by atoms with Crippen molar-refractivity contribution in [3.63, 3.8) is 0 Å². The van der Waals surface area contributed by atoms with Crippen molar-refractivity contribution >= 4 is 17.3 Å². The molecule has 128 valence electrons. The average Bonchev–Trinajstić information content (AvgIpc) is 3.08. The molecule has 2 unspecified atom stereocenters. The fraction of sp³-hybridized carbons (Fsp3) is 0.190. The number of aliphatic hydroxyl groups is 1. The van der Waals surface area contributed by atoms with Gasteiger partial charge in [-0.25, -0.2) is 9.28 Å². The summed E-state index contributed by atoms with van der Waals surface area (Å²) in [5.74, 6) is -0.217. The maximum Gasteiger partial charge on any atom is 0.351 e. The number of quaternary nitrogens is 1. The van der Waals surface area contributed by atoms with Crippen LogP contribution in [0.4, 0.5) is 0 Å². The number of carbonyl (C=O) groups excluding carboxylic acids is 2. The molecule has 0 spiro atoms. The zero-order chi connectivity index (χ0) is 18.3. The molecule has 1 N–H and O–H groups in total. The molecule has 5 nitrogen and oxygen atoms in total. The monoisotopic (exact) mass is 345 g/mol. The number of Topliss-reactive ketones (excluding diaryl/α,β-unsaturated/α-hetero) is 1. The summed E-state index contributed by atoms with van der Waals surface area (Å²) in [6, 6.07) is 17.6. The Hall–Kier alpha value is -3.23. The van der Waals surface area contributed by atoms with Crippen molar-refractivity contribution in [1.29, 1.82) is 5.26 Å². The van der Waals surface area contributed by atoms with Gasteiger partial charge >= 0.3 is 5.91 Å². The van der Waals surface area contributed by atoms with E-state index in [2.05, 4.69) is 6.07 Å². The lowest BCUT2D eigenvalue weighted by atomic mass is 10.0. The van der Waals surface area contributed by atoms with Gasteiger partial charge < -0.3 is 5.11 Å². The first kappa shape index (κ1) is 16.2. The molecule has 2 aliphatic rings. The van der Waals surface area contributed by atoms with Crippen LogP contribution in [0.2, 0.25) is 0 Å². The zero-order valence-electron chi connectivity index (χ0n) is 14.1. The van der Waals surface area contributed by atoms with E-state index in [0.29, 0.717) is 23.2 Å². The maximum absolute atomic E-state index is 13.3. The summed E-state index contributed by atoms with van der Waals surface area (Å²) in [7, 11) is 0. The summed E-state index contributed by atoms with van der Waals surface area (Å²) in [5, 5.41) is 19.7. The van der Waals surface area contributed by atoms with Crippen LogP contribution in [0.25, 0.3) is 5.57 Å². The molecule has 1 amide bonds. The number of hydrogen-bond donors (Lipinski definition) is 1. The average molecular weight is 345 g/mol. The number of aliphatic hydroxyl groups excluding tert-OH is 1. The van der Waals surface area contributed by atoms with E-state index in [1.807, 2.05) is 18.2 Å². The van der Waals surface area contributed by atoms with E-state index in [1.165, 1.54) is 0 Å². The summed E-state index contributed by atoms with van der Waals surface area (Å²) in [5.41, 5.74) is 2.39. The van der Waals surface area contributed by atoms with E-state index in [4.69, 9.17) is 5.26 Å². The summed E-state index contributed by atoms with van der Waals surface area (Å²) in [6.07, 6.45) is 0.171. The van der Waals surface area contributed by atoms with Gasteiger partial charge in [0.2, 0.25) is 0 Å². The molecule has 0 saturated carbocycles. The quantitative estimate of drug-likeness (QED) is 0.868. The number of carbonyl (C=O) groups is 2. The first-order valence-electron chi connectivity index (χ1n) is 8.46. The fourth-order valence-electron chi connectivity index (χ4n) is 4.05. The molecule has 2 aliphatic heterocycles. The minimum absolute atomic E-state index is 0.0145. The van der Waals surface area contributed by atoms with Crippen molar-refractivity contribution in [2.24, 2.45) is 0 Å². The Kier molecular flexibility index (Phi) is 3.71. The molecule has 0 radical (unpaired) electrons. The van der Waals surface area contributed by atoms with Gasteiger partial charge in [-0.15, -0.1) is 0 Å². The SMILES string of the molecule is N#Cc1ccc(C[N+]23CC(=O)CC2C(O)=C(c2ccccc2)C3=O)cc1. The van der Waals surface area contributed by atoms with Crippen LogP contribution in [0.5, 0.6) is 0 Å². The molecule has 2 aromatic rings. The third-order valence-corrected chi connectivity index (χ3v) is 5.28. The van der Waals surface area contributed by atoms with Crippen molar-refractivity contribution in [3.05, 3.63) is 77.0 Å². The van der Waals surface area contributed by atoms with E-state index < -0.39 is 6.04 Å². The first-order valence-corrected chi connectivity index (χ1v) is 8.46. The van der Waals surface area contributed by atoms with Crippen LogP contribution in [0, 0.1) is 11.3 Å². The zero-order valence-corrected chi connectivity index (χ0v) is 14.1. The van der Waals surface area contributed by atoms with E-state index in [9.17, 15) is 14.7 Å². The Morgan fingerprint density at radius 2 is 1.77 bits per heavy atom. The van der Waals surface area contributed by atoms with Gasteiger partial charge in [0.05, 0.1) is 18.1 Å². The second-order valence-electron chi connectivity index (χ2n) is 6.85. The van der Waals surface area contributed by atoms with Crippen LogP contribution in [-0.4, -0.2) is 33.9 Å². The second kappa shape index (κ2) is 5.94. The van der Waals surface area contributed by atoms with Gasteiger partial charge in [0, 0.05) is 5.56 Å². The van der Waals surface area contributed by atoms with Crippen molar-refractivity contribution in [3.8, 4) is 6.07 Å². The smallest absolute Gasteiger partial charge is 0.351 e. The molecule has 0 bridgehead atoms. The van der Waals surface area contributed by atoms with Crippen LogP contribution in [0.15, 0.2) is 60.4 Å². The number of nitriles is 1. The Morgan fingerprint density at radius 1 is 1.08 bits per heavy atom. The highest BCUT2D eigenvalue weighted by molar-refractivity contribution is 6.19. The molecular weight excluding hydrogens is 328 g/mol. The summed E-state index contributed by atoms with van der Waals surface area (Å²) in [4.78, 5) is 25.5. The van der Waals surface area contributed by atoms with Crippen molar-refractivity contribution in [1.82, 2.24) is 0 Å². The minimum atomic E-state index is -0.527. The molecule has 26 heavy (non-hydrogen) atoms. The molecule has 2 heterocycles. The number of nitrogens with zero attached hydrogens (tertiary/aromatic N) is 2. The van der Waals surface area contributed by atoms with Crippen LogP contribution < -0.4 is 0 Å². The van der Waals surface area contributed by atoms with Gasteiger partial charge in [0.25, 0.3) is 0 Å². The predicted molar refractivity (Wildman–Crippen MR) is 94.4 cm³/mol. The standard InChI is InChI=1S/C21H16N2O3/c22-11-14-6-8-15(9-7-14)12-23-13-17(24)10-18(23)20(25)19(21(23)26)16-4-2-1-3-5-16/h1-9,18H,10,12-13H2/p+1. The second-order valence-corrected chi connectivity index (χ2v) is 6.85. The molecule has 1 saturated heterocycles. The minimum Gasteiger partial charge on any atom is -0.506 e. The lowest BCUT2D eigenvalue weighted by Gasteiger charge is -2.31. The van der Waals surface area contributed by atoms with Gasteiger partial charge in [-0.3, -0.25) is 4.79 Å². The molecular formula is C21H17N2O3+. The van der Waals surface area contributed by atoms with Gasteiger partial charge in [-0.2, -0.15) is 5.26 Å². The van der Waals surface area contributed by atoms with E-state index in [-0.39, 0.29) is 34.9 Å². The number of fused-ring (bicyclic) bond motifs is 1. The van der Waals surface area contributed by atoms with Crippen molar-refractivity contribution in [2.45, 2.75) is 19.0 Å². The van der Waals surface area contributed by atoms with E-state index in [1.54, 1.807) is 36.4 Å². The third kappa shape index (κ3) is 2.35. The van der Waals surface area contributed by atoms with Gasteiger partial charge in [0.1, 0.15) is 18.7 Å². The highest BCUT2D eigenvalue weighted by Crippen LogP contribution is 2.43. The van der Waals surface area contributed by atoms with Crippen molar-refractivity contribution < 1.29 is 19.2 Å². The Morgan fingerprint density at radius 3 is 2.42 bits per heavy atom. The molecule has 5 heteroatoms. The number of amides is 1. The van der Waals surface area contributed by atoms with Crippen molar-refractivity contribution in [2.75, 3.05) is 6.54 Å². The van der Waals surface area contributed by atoms with Gasteiger partial charge in [-0.1, -0.05) is 42.5 Å².